The van der Waals surface area contributed by atoms with E-state index in [1.165, 1.54) is 17.0 Å². The molecule has 2 aromatic carbocycles. The number of hydrogen-bond donors (Lipinski definition) is 2. The van der Waals surface area contributed by atoms with Crippen LogP contribution in [-0.4, -0.2) is 43.2 Å². The van der Waals surface area contributed by atoms with Crippen LogP contribution in [-0.2, 0) is 19.5 Å². The van der Waals surface area contributed by atoms with Gasteiger partial charge in [0.1, 0.15) is 12.0 Å². The Morgan fingerprint density at radius 3 is 2.77 bits per heavy atom. The molecule has 0 unspecified atom stereocenters. The molecule has 8 nitrogen and oxygen atoms in total. The molecule has 1 saturated carbocycles. The molecule has 0 bridgehead atoms. The molecule has 2 N–H and O–H groups in total. The van der Waals surface area contributed by atoms with E-state index in [2.05, 4.69) is 25.5 Å². The minimum absolute atomic E-state index is 0.0476. The first-order valence-corrected chi connectivity index (χ1v) is 11.3. The second-order valence-corrected chi connectivity index (χ2v) is 8.87. The van der Waals surface area contributed by atoms with Crippen LogP contribution in [0.15, 0.2) is 53.5 Å². The van der Waals surface area contributed by atoms with Crippen molar-refractivity contribution >= 4 is 22.6 Å². The topological polar surface area (TPSA) is 104 Å². The van der Waals surface area contributed by atoms with E-state index < -0.39 is 17.9 Å². The van der Waals surface area contributed by atoms with Crippen LogP contribution in [0.3, 0.4) is 0 Å². The summed E-state index contributed by atoms with van der Waals surface area (Å²) in [4.78, 5) is 35.4. The number of nitrogens with zero attached hydrogens (tertiary/aromatic N) is 4. The number of amides is 1. The Balaban J connectivity index is 1.23. The predicted molar refractivity (Wildman–Crippen MR) is 124 cm³/mol. The van der Waals surface area contributed by atoms with Crippen LogP contribution in [0.4, 0.5) is 14.7 Å². The number of carbonyl (C=O) groups excluding carboxylic acids is 1. The van der Waals surface area contributed by atoms with Crippen molar-refractivity contribution in [2.45, 2.75) is 38.1 Å². The van der Waals surface area contributed by atoms with Gasteiger partial charge in [0, 0.05) is 36.5 Å². The SMILES string of the molecule is O=C(c1cc(Cc2n[nH]c(=O)c3ccccc23)ccc1F)N1Cc2cnc(N[C@@H]3C[C@H]3F)nc2C1. The van der Waals surface area contributed by atoms with Crippen molar-refractivity contribution in [2.24, 2.45) is 0 Å². The molecule has 6 rings (SSSR count). The van der Waals surface area contributed by atoms with Crippen molar-refractivity contribution in [3.05, 3.63) is 92.9 Å². The van der Waals surface area contributed by atoms with Gasteiger partial charge in [-0.05, 0) is 23.8 Å². The highest BCUT2D eigenvalue weighted by molar-refractivity contribution is 5.95. The highest BCUT2D eigenvalue weighted by Crippen LogP contribution is 2.29. The molecule has 1 aliphatic heterocycles. The molecular weight excluding hydrogens is 454 g/mol. The zero-order valence-corrected chi connectivity index (χ0v) is 18.5. The number of anilines is 1. The lowest BCUT2D eigenvalue weighted by atomic mass is 10.0. The van der Waals surface area contributed by atoms with Gasteiger partial charge in [-0.15, -0.1) is 0 Å². The monoisotopic (exact) mass is 474 g/mol. The number of carbonyl (C=O) groups is 1. The molecule has 2 aliphatic rings. The molecule has 2 atom stereocenters. The summed E-state index contributed by atoms with van der Waals surface area (Å²) in [6, 6.07) is 11.3. The van der Waals surface area contributed by atoms with Gasteiger partial charge in [-0.2, -0.15) is 5.10 Å². The molecule has 3 heterocycles. The molecule has 35 heavy (non-hydrogen) atoms. The highest BCUT2D eigenvalue weighted by Gasteiger charge is 2.38. The maximum Gasteiger partial charge on any atom is 0.272 e. The first-order valence-electron chi connectivity index (χ1n) is 11.3. The van der Waals surface area contributed by atoms with Crippen molar-refractivity contribution in [3.8, 4) is 0 Å². The molecule has 4 aromatic rings. The van der Waals surface area contributed by atoms with Crippen LogP contribution in [0, 0.1) is 5.82 Å². The van der Waals surface area contributed by atoms with Crippen LogP contribution in [0.1, 0.15) is 39.3 Å². The number of fused-ring (bicyclic) bond motifs is 2. The van der Waals surface area contributed by atoms with Gasteiger partial charge in [-0.3, -0.25) is 9.59 Å². The molecule has 0 spiro atoms. The Bertz CT molecular complexity index is 1540. The fourth-order valence-electron chi connectivity index (χ4n) is 4.36. The summed E-state index contributed by atoms with van der Waals surface area (Å²) >= 11 is 0. The van der Waals surface area contributed by atoms with Crippen molar-refractivity contribution in [1.29, 1.82) is 0 Å². The lowest BCUT2D eigenvalue weighted by Gasteiger charge is -2.16. The average Bonchev–Trinajstić information content (AvgIpc) is 3.38. The summed E-state index contributed by atoms with van der Waals surface area (Å²) in [5.41, 5.74) is 2.42. The van der Waals surface area contributed by atoms with Crippen molar-refractivity contribution in [2.75, 3.05) is 5.32 Å². The average molecular weight is 474 g/mol. The van der Waals surface area contributed by atoms with Crippen LogP contribution < -0.4 is 10.9 Å². The van der Waals surface area contributed by atoms with Gasteiger partial charge in [-0.1, -0.05) is 24.3 Å². The summed E-state index contributed by atoms with van der Waals surface area (Å²) in [6.07, 6.45) is 1.48. The number of nitrogens with one attached hydrogen (secondary N) is 2. The number of aromatic nitrogens is 4. The quantitative estimate of drug-likeness (QED) is 0.461. The maximum absolute atomic E-state index is 14.7. The Morgan fingerprint density at radius 2 is 1.97 bits per heavy atom. The number of hydrogen-bond acceptors (Lipinski definition) is 6. The van der Waals surface area contributed by atoms with Crippen LogP contribution in [0.25, 0.3) is 10.8 Å². The largest absolute Gasteiger partial charge is 0.348 e. The van der Waals surface area contributed by atoms with E-state index in [0.717, 1.165) is 5.56 Å². The number of H-pyrrole nitrogens is 1. The predicted octanol–water partition coefficient (Wildman–Crippen LogP) is 3.12. The standard InChI is InChI=1S/C25H20F2N6O2/c26-18-6-5-13(8-20-15-3-1-2-4-16(15)23(34)32-31-20)7-17(18)24(35)33-11-14-10-28-25(30-22(14)12-33)29-21-9-19(21)27/h1-7,10,19,21H,8-9,11-12H2,(H,32,34)(H,28,29,30)/t19-,21-/m1/s1. The summed E-state index contributed by atoms with van der Waals surface area (Å²) in [5.74, 6) is -0.746. The maximum atomic E-state index is 14.7. The van der Waals surface area contributed by atoms with E-state index in [-0.39, 0.29) is 30.3 Å². The zero-order valence-electron chi connectivity index (χ0n) is 18.5. The number of alkyl halides is 1. The minimum Gasteiger partial charge on any atom is -0.348 e. The van der Waals surface area contributed by atoms with Crippen molar-refractivity contribution in [3.63, 3.8) is 0 Å². The number of halogens is 2. The lowest BCUT2D eigenvalue weighted by molar-refractivity contribution is 0.0745. The van der Waals surface area contributed by atoms with E-state index in [1.54, 1.807) is 24.4 Å². The number of rotatable bonds is 5. The first-order chi connectivity index (χ1) is 17.0. The molecular formula is C25H20F2N6O2. The van der Waals surface area contributed by atoms with Gasteiger partial charge in [0.25, 0.3) is 11.5 Å². The summed E-state index contributed by atoms with van der Waals surface area (Å²) in [5, 5.41) is 10.8. The molecule has 1 aliphatic carbocycles. The highest BCUT2D eigenvalue weighted by atomic mass is 19.1. The third-order valence-corrected chi connectivity index (χ3v) is 6.38. The van der Waals surface area contributed by atoms with Crippen LogP contribution >= 0.6 is 0 Å². The molecule has 1 amide bonds. The fraction of sp³-hybridized carbons (Fsp3) is 0.240. The zero-order chi connectivity index (χ0) is 24.1. The summed E-state index contributed by atoms with van der Waals surface area (Å²) in [7, 11) is 0. The fourth-order valence-corrected chi connectivity index (χ4v) is 4.36. The van der Waals surface area contributed by atoms with E-state index in [4.69, 9.17) is 0 Å². The third kappa shape index (κ3) is 4.01. The van der Waals surface area contributed by atoms with Gasteiger partial charge in [0.2, 0.25) is 5.95 Å². The van der Waals surface area contributed by atoms with Crippen LogP contribution in [0.2, 0.25) is 0 Å². The van der Waals surface area contributed by atoms with Crippen molar-refractivity contribution < 1.29 is 13.6 Å². The van der Waals surface area contributed by atoms with Crippen LogP contribution in [0.5, 0.6) is 0 Å². The van der Waals surface area contributed by atoms with E-state index >= 15 is 0 Å². The Morgan fingerprint density at radius 1 is 1.17 bits per heavy atom. The molecule has 0 radical (unpaired) electrons. The normalized spacial score (nSPS) is 18.5. The number of aromatic amines is 1. The Labute approximate surface area is 198 Å². The molecule has 2 aromatic heterocycles. The smallest absolute Gasteiger partial charge is 0.272 e. The van der Waals surface area contributed by atoms with E-state index in [9.17, 15) is 18.4 Å². The van der Waals surface area contributed by atoms with E-state index in [0.29, 0.717) is 46.5 Å². The van der Waals surface area contributed by atoms with Gasteiger partial charge in [0.15, 0.2) is 0 Å². The molecule has 0 saturated heterocycles. The molecule has 1 fully saturated rings. The molecule has 10 heteroatoms. The summed E-state index contributed by atoms with van der Waals surface area (Å²) < 4.78 is 27.9. The number of benzene rings is 2. The third-order valence-electron chi connectivity index (χ3n) is 6.38. The Kier molecular flexibility index (Phi) is 5.01. The summed E-state index contributed by atoms with van der Waals surface area (Å²) in [6.45, 7) is 0.476. The Hall–Kier alpha value is -4.21. The van der Waals surface area contributed by atoms with Gasteiger partial charge < -0.3 is 10.2 Å². The van der Waals surface area contributed by atoms with Gasteiger partial charge in [-0.25, -0.2) is 23.8 Å². The lowest BCUT2D eigenvalue weighted by Crippen LogP contribution is -2.26. The van der Waals surface area contributed by atoms with Gasteiger partial charge >= 0.3 is 0 Å². The van der Waals surface area contributed by atoms with E-state index in [1.807, 2.05) is 12.1 Å². The molecule has 176 valence electrons. The van der Waals surface area contributed by atoms with Gasteiger partial charge in [0.05, 0.1) is 34.9 Å². The van der Waals surface area contributed by atoms with Crippen molar-refractivity contribution in [1.82, 2.24) is 25.1 Å². The second-order valence-electron chi connectivity index (χ2n) is 8.87. The second kappa shape index (κ2) is 8.23. The first kappa shape index (κ1) is 21.3. The minimum atomic E-state index is -0.885.